The molecule has 7 heteroatoms. The molecule has 1 N–H and O–H groups in total. The van der Waals surface area contributed by atoms with Crippen LogP contribution in [0.5, 0.6) is 5.75 Å². The van der Waals surface area contributed by atoms with Crippen molar-refractivity contribution in [3.8, 4) is 5.75 Å². The Kier molecular flexibility index (Phi) is 8.99. The first-order chi connectivity index (χ1) is 13.8. The highest BCUT2D eigenvalue weighted by Gasteiger charge is 2.28. The van der Waals surface area contributed by atoms with Crippen molar-refractivity contribution in [3.05, 3.63) is 63.1 Å². The predicted molar refractivity (Wildman–Crippen MR) is 119 cm³/mol. The van der Waals surface area contributed by atoms with E-state index in [1.807, 2.05) is 45.0 Å². The molecule has 0 fully saturated rings. The second kappa shape index (κ2) is 11.2. The molecule has 0 aliphatic carbocycles. The van der Waals surface area contributed by atoms with E-state index in [1.54, 1.807) is 23.1 Å². The number of rotatable bonds is 9. The normalized spacial score (nSPS) is 11.6. The van der Waals surface area contributed by atoms with Crippen molar-refractivity contribution < 1.29 is 14.3 Å². The Morgan fingerprint density at radius 2 is 1.86 bits per heavy atom. The lowest BCUT2D eigenvalue weighted by Gasteiger charge is -2.30. The average molecular weight is 482 g/mol. The number of aryl methyl sites for hydroxylation is 1. The lowest BCUT2D eigenvalue weighted by Crippen LogP contribution is -2.50. The topological polar surface area (TPSA) is 58.6 Å². The van der Waals surface area contributed by atoms with Gasteiger partial charge in [-0.2, -0.15) is 0 Å². The van der Waals surface area contributed by atoms with Gasteiger partial charge in [-0.05, 0) is 61.7 Å². The van der Waals surface area contributed by atoms with Crippen LogP contribution in [-0.2, 0) is 16.1 Å². The summed E-state index contributed by atoms with van der Waals surface area (Å²) in [5.41, 5.74) is 1.91. The summed E-state index contributed by atoms with van der Waals surface area (Å²) >= 11 is 9.41. The lowest BCUT2D eigenvalue weighted by atomic mass is 10.1. The highest BCUT2D eigenvalue weighted by molar-refractivity contribution is 9.10. The SMILES string of the molecule is CCNC(=O)C(CC)N(Cc1ccc(Cl)cc1)C(=O)COc1ccc(Br)c(C)c1. The molecule has 0 aromatic heterocycles. The number of carbonyl (C=O) groups is 2. The second-order valence-corrected chi connectivity index (χ2v) is 7.96. The van der Waals surface area contributed by atoms with Crippen molar-refractivity contribution in [1.82, 2.24) is 10.2 Å². The number of hydrogen-bond acceptors (Lipinski definition) is 3. The standard InChI is InChI=1S/C22H26BrClN2O3/c1-4-20(22(28)25-5-2)26(13-16-6-8-17(24)9-7-16)21(27)14-29-18-10-11-19(23)15(3)12-18/h6-12,20H,4-5,13-14H2,1-3H3,(H,25,28). The van der Waals surface area contributed by atoms with E-state index in [9.17, 15) is 9.59 Å². The molecule has 0 aliphatic heterocycles. The third-order valence-corrected chi connectivity index (χ3v) is 5.64. The molecule has 156 valence electrons. The fraction of sp³-hybridized carbons (Fsp3) is 0.364. The zero-order valence-electron chi connectivity index (χ0n) is 16.9. The van der Waals surface area contributed by atoms with Crippen LogP contribution < -0.4 is 10.1 Å². The molecule has 2 aromatic rings. The Hall–Kier alpha value is -2.05. The number of nitrogens with one attached hydrogen (secondary N) is 1. The monoisotopic (exact) mass is 480 g/mol. The van der Waals surface area contributed by atoms with Crippen LogP contribution in [0.25, 0.3) is 0 Å². The molecule has 0 bridgehead atoms. The predicted octanol–water partition coefficient (Wildman–Crippen LogP) is 4.73. The molecule has 5 nitrogen and oxygen atoms in total. The fourth-order valence-corrected chi connectivity index (χ4v) is 3.31. The fourth-order valence-electron chi connectivity index (χ4n) is 2.93. The number of hydrogen-bond donors (Lipinski definition) is 1. The molecule has 0 heterocycles. The molecule has 0 spiro atoms. The summed E-state index contributed by atoms with van der Waals surface area (Å²) in [6, 6.07) is 12.2. The summed E-state index contributed by atoms with van der Waals surface area (Å²) in [7, 11) is 0. The van der Waals surface area contributed by atoms with Gasteiger partial charge in [-0.1, -0.05) is 46.6 Å². The number of benzene rings is 2. The first kappa shape index (κ1) is 23.2. The lowest BCUT2D eigenvalue weighted by molar-refractivity contribution is -0.142. The van der Waals surface area contributed by atoms with Gasteiger partial charge in [-0.3, -0.25) is 9.59 Å². The molecule has 0 saturated heterocycles. The van der Waals surface area contributed by atoms with Gasteiger partial charge in [0.25, 0.3) is 5.91 Å². The van der Waals surface area contributed by atoms with Crippen LogP contribution in [0.3, 0.4) is 0 Å². The Balaban J connectivity index is 2.19. The molecule has 29 heavy (non-hydrogen) atoms. The molecule has 0 aliphatic rings. The second-order valence-electron chi connectivity index (χ2n) is 6.67. The third kappa shape index (κ3) is 6.75. The Bertz CT molecular complexity index is 842. The van der Waals surface area contributed by atoms with E-state index >= 15 is 0 Å². The minimum atomic E-state index is -0.576. The third-order valence-electron chi connectivity index (χ3n) is 4.49. The van der Waals surface area contributed by atoms with E-state index in [2.05, 4.69) is 21.2 Å². The summed E-state index contributed by atoms with van der Waals surface area (Å²) in [6.07, 6.45) is 0.503. The summed E-state index contributed by atoms with van der Waals surface area (Å²) < 4.78 is 6.69. The van der Waals surface area contributed by atoms with Crippen molar-refractivity contribution in [1.29, 1.82) is 0 Å². The van der Waals surface area contributed by atoms with Gasteiger partial charge in [0, 0.05) is 22.6 Å². The smallest absolute Gasteiger partial charge is 0.261 e. The van der Waals surface area contributed by atoms with Crippen LogP contribution in [0.15, 0.2) is 46.9 Å². The van der Waals surface area contributed by atoms with Gasteiger partial charge < -0.3 is 15.0 Å². The summed E-state index contributed by atoms with van der Waals surface area (Å²) in [6.45, 7) is 6.36. The number of halogens is 2. The Labute approximate surface area is 185 Å². The molecule has 2 amide bonds. The Morgan fingerprint density at radius 1 is 1.17 bits per heavy atom. The number of ether oxygens (including phenoxy) is 1. The number of carbonyl (C=O) groups excluding carboxylic acids is 2. The maximum Gasteiger partial charge on any atom is 0.261 e. The minimum absolute atomic E-state index is 0.148. The van der Waals surface area contributed by atoms with Gasteiger partial charge in [0.2, 0.25) is 5.91 Å². The largest absolute Gasteiger partial charge is 0.484 e. The van der Waals surface area contributed by atoms with Crippen LogP contribution in [0, 0.1) is 6.92 Å². The van der Waals surface area contributed by atoms with Crippen LogP contribution in [0.4, 0.5) is 0 Å². The van der Waals surface area contributed by atoms with Crippen LogP contribution in [-0.4, -0.2) is 35.9 Å². The van der Waals surface area contributed by atoms with Crippen molar-refractivity contribution in [2.24, 2.45) is 0 Å². The van der Waals surface area contributed by atoms with E-state index in [0.29, 0.717) is 30.3 Å². The van der Waals surface area contributed by atoms with Gasteiger partial charge in [0.15, 0.2) is 6.61 Å². The molecule has 2 aromatic carbocycles. The van der Waals surface area contributed by atoms with E-state index in [-0.39, 0.29) is 18.4 Å². The number of likely N-dealkylation sites (N-methyl/N-ethyl adjacent to an activating group) is 1. The zero-order chi connectivity index (χ0) is 21.4. The quantitative estimate of drug-likeness (QED) is 0.563. The first-order valence-electron chi connectivity index (χ1n) is 9.56. The van der Waals surface area contributed by atoms with Crippen molar-refractivity contribution in [2.75, 3.05) is 13.2 Å². The molecule has 1 unspecified atom stereocenters. The van der Waals surface area contributed by atoms with Crippen LogP contribution in [0.2, 0.25) is 5.02 Å². The van der Waals surface area contributed by atoms with Crippen molar-refractivity contribution >= 4 is 39.3 Å². The Morgan fingerprint density at radius 3 is 2.45 bits per heavy atom. The van der Waals surface area contributed by atoms with Crippen molar-refractivity contribution in [3.63, 3.8) is 0 Å². The first-order valence-corrected chi connectivity index (χ1v) is 10.7. The molecule has 0 radical (unpaired) electrons. The highest BCUT2D eigenvalue weighted by Crippen LogP contribution is 2.22. The van der Waals surface area contributed by atoms with Crippen LogP contribution >= 0.6 is 27.5 Å². The molecule has 1 atom stereocenters. The van der Waals surface area contributed by atoms with E-state index in [0.717, 1.165) is 15.6 Å². The van der Waals surface area contributed by atoms with E-state index in [1.165, 1.54) is 0 Å². The molecule has 2 rings (SSSR count). The highest BCUT2D eigenvalue weighted by atomic mass is 79.9. The number of amides is 2. The van der Waals surface area contributed by atoms with Gasteiger partial charge in [-0.15, -0.1) is 0 Å². The molecule has 0 saturated carbocycles. The minimum Gasteiger partial charge on any atom is -0.484 e. The average Bonchev–Trinajstić information content (AvgIpc) is 2.70. The maximum absolute atomic E-state index is 13.0. The van der Waals surface area contributed by atoms with E-state index in [4.69, 9.17) is 16.3 Å². The number of nitrogens with zero attached hydrogens (tertiary/aromatic N) is 1. The van der Waals surface area contributed by atoms with Gasteiger partial charge >= 0.3 is 0 Å². The zero-order valence-corrected chi connectivity index (χ0v) is 19.2. The maximum atomic E-state index is 13.0. The van der Waals surface area contributed by atoms with Crippen molar-refractivity contribution in [2.45, 2.75) is 39.8 Å². The van der Waals surface area contributed by atoms with Crippen LogP contribution in [0.1, 0.15) is 31.4 Å². The molecular weight excluding hydrogens is 456 g/mol. The summed E-state index contributed by atoms with van der Waals surface area (Å²) in [5, 5.41) is 3.44. The molecular formula is C22H26BrClN2O3. The van der Waals surface area contributed by atoms with E-state index < -0.39 is 6.04 Å². The van der Waals surface area contributed by atoms with Gasteiger partial charge in [-0.25, -0.2) is 0 Å². The van der Waals surface area contributed by atoms with Gasteiger partial charge in [0.1, 0.15) is 11.8 Å². The summed E-state index contributed by atoms with van der Waals surface area (Å²) in [4.78, 5) is 27.2. The summed E-state index contributed by atoms with van der Waals surface area (Å²) in [5.74, 6) is 0.187. The van der Waals surface area contributed by atoms with Gasteiger partial charge in [0.05, 0.1) is 0 Å².